The van der Waals surface area contributed by atoms with E-state index in [0.717, 1.165) is 0 Å². The molecule has 0 unspecified atom stereocenters. The number of hydrogen-bond donors (Lipinski definition) is 2. The Morgan fingerprint density at radius 2 is 2.09 bits per heavy atom. The van der Waals surface area contributed by atoms with Gasteiger partial charge in [0.15, 0.2) is 0 Å². The summed E-state index contributed by atoms with van der Waals surface area (Å²) in [5, 5.41) is 16.8. The van der Waals surface area contributed by atoms with Gasteiger partial charge in [0.05, 0.1) is 16.4 Å². The van der Waals surface area contributed by atoms with Crippen molar-refractivity contribution in [1.29, 1.82) is 0 Å². The number of nitrogens with zero attached hydrogens (tertiary/aromatic N) is 1. The smallest absolute Gasteiger partial charge is 0.283 e. The van der Waals surface area contributed by atoms with Gasteiger partial charge in [-0.05, 0) is 18.4 Å². The summed E-state index contributed by atoms with van der Waals surface area (Å²) in [6.45, 7) is 2.37. The number of thioether (sulfide) groups is 1. The van der Waals surface area contributed by atoms with Crippen LogP contribution in [0.2, 0.25) is 0 Å². The second-order valence-electron chi connectivity index (χ2n) is 4.14. The van der Waals surface area contributed by atoms with Gasteiger partial charge in [-0.1, -0.05) is 0 Å². The maximum Gasteiger partial charge on any atom is 0.283 e. The second-order valence-corrected chi connectivity index (χ2v) is 4.99. The van der Waals surface area contributed by atoms with Crippen LogP contribution < -0.4 is 10.6 Å². The van der Waals surface area contributed by atoms with E-state index in [9.17, 15) is 14.9 Å². The Kier molecular flexibility index (Phi) is 10.6. The number of nitro benzene ring substituents is 1. The molecule has 0 saturated heterocycles. The summed E-state index contributed by atoms with van der Waals surface area (Å²) in [5.41, 5.74) is 0.241. The van der Waals surface area contributed by atoms with E-state index in [1.807, 2.05) is 0 Å². The third kappa shape index (κ3) is 6.61. The largest absolute Gasteiger partial charge is 0.383 e. The van der Waals surface area contributed by atoms with E-state index in [-0.39, 0.29) is 29.6 Å². The molecule has 0 saturated carbocycles. The summed E-state index contributed by atoms with van der Waals surface area (Å²) in [6.07, 6.45) is 1.76. The van der Waals surface area contributed by atoms with Crippen molar-refractivity contribution in [1.82, 2.24) is 10.6 Å². The van der Waals surface area contributed by atoms with Gasteiger partial charge in [-0.25, -0.2) is 0 Å². The van der Waals surface area contributed by atoms with Crippen molar-refractivity contribution >= 4 is 35.8 Å². The minimum absolute atomic E-state index is 0. The Hall–Kier alpha value is -1.35. The van der Waals surface area contributed by atoms with Crippen molar-refractivity contribution in [2.75, 3.05) is 39.6 Å². The highest BCUT2D eigenvalue weighted by Gasteiger charge is 2.16. The number of amides is 1. The quantitative estimate of drug-likeness (QED) is 0.305. The molecule has 0 radical (unpaired) electrons. The fraction of sp³-hybridized carbons (Fsp3) is 0.462. The van der Waals surface area contributed by atoms with Gasteiger partial charge < -0.3 is 15.4 Å². The van der Waals surface area contributed by atoms with Crippen LogP contribution in [0, 0.1) is 10.1 Å². The molecule has 0 spiro atoms. The van der Waals surface area contributed by atoms with Gasteiger partial charge in [0.2, 0.25) is 0 Å². The molecule has 0 aliphatic rings. The van der Waals surface area contributed by atoms with Gasteiger partial charge in [0.25, 0.3) is 11.6 Å². The molecule has 2 N–H and O–H groups in total. The van der Waals surface area contributed by atoms with Crippen LogP contribution in [0.4, 0.5) is 5.69 Å². The molecule has 1 aromatic carbocycles. The molecular formula is C13H20ClN3O4S. The molecule has 0 fully saturated rings. The minimum Gasteiger partial charge on any atom is -0.383 e. The van der Waals surface area contributed by atoms with Crippen molar-refractivity contribution in [2.24, 2.45) is 0 Å². The Balaban J connectivity index is 0.00000441. The first-order chi connectivity index (χ1) is 10.1. The molecule has 1 rings (SSSR count). The van der Waals surface area contributed by atoms with Crippen molar-refractivity contribution in [3.8, 4) is 0 Å². The van der Waals surface area contributed by atoms with Crippen LogP contribution >= 0.6 is 24.2 Å². The maximum absolute atomic E-state index is 11.9. The normalized spacial score (nSPS) is 9.91. The predicted molar refractivity (Wildman–Crippen MR) is 89.2 cm³/mol. The highest BCUT2D eigenvalue weighted by Crippen LogP contribution is 2.28. The fourth-order valence-electron chi connectivity index (χ4n) is 1.64. The van der Waals surface area contributed by atoms with E-state index in [1.54, 1.807) is 25.5 Å². The average molecular weight is 350 g/mol. The molecule has 124 valence electrons. The van der Waals surface area contributed by atoms with E-state index in [1.165, 1.54) is 17.8 Å². The molecule has 0 aliphatic heterocycles. The number of rotatable bonds is 9. The lowest BCUT2D eigenvalue weighted by Gasteiger charge is -2.07. The molecule has 0 aromatic heterocycles. The number of nitro groups is 1. The topological polar surface area (TPSA) is 93.5 Å². The van der Waals surface area contributed by atoms with E-state index in [0.29, 0.717) is 31.1 Å². The number of halogens is 1. The molecule has 0 atom stereocenters. The summed E-state index contributed by atoms with van der Waals surface area (Å²) in [6, 6.07) is 4.49. The maximum atomic E-state index is 11.9. The fourth-order valence-corrected chi connectivity index (χ4v) is 2.19. The molecule has 7 nitrogen and oxygen atoms in total. The Morgan fingerprint density at radius 3 is 2.68 bits per heavy atom. The van der Waals surface area contributed by atoms with E-state index in [4.69, 9.17) is 4.74 Å². The van der Waals surface area contributed by atoms with E-state index >= 15 is 0 Å². The van der Waals surface area contributed by atoms with Crippen LogP contribution in [0.5, 0.6) is 0 Å². The van der Waals surface area contributed by atoms with Crippen LogP contribution in [0.15, 0.2) is 23.1 Å². The molecule has 0 aliphatic carbocycles. The van der Waals surface area contributed by atoms with Gasteiger partial charge in [-0.15, -0.1) is 24.2 Å². The third-order valence-electron chi connectivity index (χ3n) is 2.71. The van der Waals surface area contributed by atoms with Gasteiger partial charge >= 0.3 is 0 Å². The lowest BCUT2D eigenvalue weighted by molar-refractivity contribution is -0.387. The number of carbonyl (C=O) groups excluding carboxylic acids is 1. The number of benzene rings is 1. The van der Waals surface area contributed by atoms with Gasteiger partial charge in [-0.3, -0.25) is 14.9 Å². The molecule has 0 heterocycles. The lowest BCUT2D eigenvalue weighted by Crippen LogP contribution is -2.33. The highest BCUT2D eigenvalue weighted by atomic mass is 35.5. The van der Waals surface area contributed by atoms with Crippen LogP contribution in [0.1, 0.15) is 10.4 Å². The molecule has 1 amide bonds. The molecule has 0 bridgehead atoms. The van der Waals surface area contributed by atoms with Crippen molar-refractivity contribution < 1.29 is 14.5 Å². The standard InChI is InChI=1S/C13H19N3O4S.ClH/c1-20-8-7-14-5-6-15-13(17)10-3-4-12(21-2)11(9-10)16(18)19;/h3-4,9,14H,5-8H2,1-2H3,(H,15,17);1H. The summed E-state index contributed by atoms with van der Waals surface area (Å²) in [4.78, 5) is 22.9. The molecule has 1 aromatic rings. The Labute approximate surface area is 139 Å². The van der Waals surface area contributed by atoms with Crippen LogP contribution in [-0.4, -0.2) is 50.4 Å². The summed E-state index contributed by atoms with van der Waals surface area (Å²) < 4.78 is 4.88. The van der Waals surface area contributed by atoms with Gasteiger partial charge in [-0.2, -0.15) is 0 Å². The highest BCUT2D eigenvalue weighted by molar-refractivity contribution is 7.98. The summed E-state index contributed by atoms with van der Waals surface area (Å²) >= 11 is 1.28. The lowest BCUT2D eigenvalue weighted by atomic mass is 10.2. The van der Waals surface area contributed by atoms with Crippen LogP contribution in [0.25, 0.3) is 0 Å². The number of methoxy groups -OCH3 is 1. The zero-order chi connectivity index (χ0) is 15.7. The number of nitrogens with one attached hydrogen (secondary N) is 2. The van der Waals surface area contributed by atoms with Crippen LogP contribution in [-0.2, 0) is 4.74 Å². The van der Waals surface area contributed by atoms with Gasteiger partial charge in [0.1, 0.15) is 0 Å². The molecular weight excluding hydrogens is 330 g/mol. The first-order valence-electron chi connectivity index (χ1n) is 6.40. The van der Waals surface area contributed by atoms with Crippen molar-refractivity contribution in [2.45, 2.75) is 4.90 Å². The Bertz CT molecular complexity index is 502. The molecule has 22 heavy (non-hydrogen) atoms. The summed E-state index contributed by atoms with van der Waals surface area (Å²) in [7, 11) is 1.62. The van der Waals surface area contributed by atoms with Gasteiger partial charge in [0, 0.05) is 38.4 Å². The second kappa shape index (κ2) is 11.2. The van der Waals surface area contributed by atoms with E-state index in [2.05, 4.69) is 10.6 Å². The summed E-state index contributed by atoms with van der Waals surface area (Å²) in [5.74, 6) is -0.320. The number of hydrogen-bond acceptors (Lipinski definition) is 6. The first kappa shape index (κ1) is 20.6. The van der Waals surface area contributed by atoms with Crippen LogP contribution in [0.3, 0.4) is 0 Å². The van der Waals surface area contributed by atoms with Crippen molar-refractivity contribution in [3.63, 3.8) is 0 Å². The number of ether oxygens (including phenoxy) is 1. The zero-order valence-corrected chi connectivity index (χ0v) is 14.1. The molecule has 9 heteroatoms. The Morgan fingerprint density at radius 1 is 1.36 bits per heavy atom. The monoisotopic (exact) mass is 349 g/mol. The zero-order valence-electron chi connectivity index (χ0n) is 12.5. The van der Waals surface area contributed by atoms with Crippen molar-refractivity contribution in [3.05, 3.63) is 33.9 Å². The average Bonchev–Trinajstić information content (AvgIpc) is 2.49. The predicted octanol–water partition coefficient (Wildman–Crippen LogP) is 1.70. The minimum atomic E-state index is -0.477. The first-order valence-corrected chi connectivity index (χ1v) is 7.63. The third-order valence-corrected chi connectivity index (χ3v) is 3.49. The number of carbonyl (C=O) groups is 1. The SMILES string of the molecule is COCCNCCNC(=O)c1ccc(SC)c([N+](=O)[O-])c1.Cl. The van der Waals surface area contributed by atoms with E-state index < -0.39 is 4.92 Å².